The van der Waals surface area contributed by atoms with E-state index >= 15 is 0 Å². The molecule has 0 saturated carbocycles. The van der Waals surface area contributed by atoms with Gasteiger partial charge >= 0.3 is 0 Å². The fraction of sp³-hybridized carbons (Fsp3) is 0.133. The van der Waals surface area contributed by atoms with Crippen LogP contribution in [0, 0.1) is 6.92 Å². The molecule has 25 heavy (non-hydrogen) atoms. The molecule has 0 spiro atoms. The summed E-state index contributed by atoms with van der Waals surface area (Å²) in [6.45, 7) is 1.61. The van der Waals surface area contributed by atoms with E-state index in [1.165, 1.54) is 16.2 Å². The maximum Gasteiger partial charge on any atom is 0.266 e. The van der Waals surface area contributed by atoms with E-state index in [-0.39, 0.29) is 18.4 Å². The van der Waals surface area contributed by atoms with Crippen LogP contribution < -0.4 is 5.32 Å². The highest BCUT2D eigenvalue weighted by Gasteiger charge is 2.33. The Labute approximate surface area is 162 Å². The second-order valence-corrected chi connectivity index (χ2v) is 8.23. The molecule has 1 saturated heterocycles. The van der Waals surface area contributed by atoms with Crippen molar-refractivity contribution in [3.63, 3.8) is 0 Å². The molecule has 2 amide bonds. The zero-order valence-electron chi connectivity index (χ0n) is 12.9. The van der Waals surface area contributed by atoms with Crippen molar-refractivity contribution in [2.24, 2.45) is 0 Å². The highest BCUT2D eigenvalue weighted by Crippen LogP contribution is 2.33. The molecule has 0 radical (unpaired) electrons. The summed E-state index contributed by atoms with van der Waals surface area (Å²) in [5.41, 5.74) is 0.721. The Hall–Kier alpha value is -1.81. The molecule has 6 nitrogen and oxygen atoms in total. The van der Waals surface area contributed by atoms with Gasteiger partial charge in [-0.1, -0.05) is 65.1 Å². The number of carbonyl (C=O) groups excluding carboxylic acids is 2. The van der Waals surface area contributed by atoms with Crippen LogP contribution in [0.5, 0.6) is 0 Å². The molecule has 0 atom stereocenters. The highest BCUT2D eigenvalue weighted by atomic mass is 35.5. The Morgan fingerprint density at radius 2 is 2.16 bits per heavy atom. The number of nitrogens with zero attached hydrogens (tertiary/aromatic N) is 3. The van der Waals surface area contributed by atoms with Crippen LogP contribution in [0.2, 0.25) is 5.02 Å². The number of hydrogen-bond donors (Lipinski definition) is 1. The molecule has 1 aliphatic heterocycles. The van der Waals surface area contributed by atoms with E-state index in [1.54, 1.807) is 25.1 Å². The predicted molar refractivity (Wildman–Crippen MR) is 105 cm³/mol. The first kappa shape index (κ1) is 18.0. The number of benzene rings is 1. The number of aromatic nitrogens is 2. The first-order valence-corrected chi connectivity index (χ1v) is 9.46. The molecule has 1 N–H and O–H groups in total. The van der Waals surface area contributed by atoms with Crippen LogP contribution in [0.3, 0.4) is 0 Å². The van der Waals surface area contributed by atoms with Crippen molar-refractivity contribution in [1.29, 1.82) is 0 Å². The van der Waals surface area contributed by atoms with E-state index in [2.05, 4.69) is 15.5 Å². The highest BCUT2D eigenvalue weighted by molar-refractivity contribution is 8.26. The van der Waals surface area contributed by atoms with Gasteiger partial charge < -0.3 is 0 Å². The van der Waals surface area contributed by atoms with Crippen LogP contribution in [0.1, 0.15) is 10.6 Å². The van der Waals surface area contributed by atoms with Crippen molar-refractivity contribution in [2.45, 2.75) is 6.92 Å². The van der Waals surface area contributed by atoms with Crippen molar-refractivity contribution in [2.75, 3.05) is 11.9 Å². The number of aryl methyl sites for hydroxylation is 1. The Balaban J connectivity index is 1.71. The van der Waals surface area contributed by atoms with E-state index in [1.807, 2.05) is 12.1 Å². The lowest BCUT2D eigenvalue weighted by Gasteiger charge is -2.13. The second-order valence-electron chi connectivity index (χ2n) is 4.96. The smallest absolute Gasteiger partial charge is 0.266 e. The number of hydrogen-bond acceptors (Lipinski definition) is 7. The SMILES string of the molecule is Cc1nnc(NC(=O)CN2C(=O)/C(=C/c3ccccc3Cl)SC2=S)s1. The number of nitrogens with one attached hydrogen (secondary N) is 1. The normalized spacial score (nSPS) is 15.9. The van der Waals surface area contributed by atoms with Crippen molar-refractivity contribution < 1.29 is 9.59 Å². The van der Waals surface area contributed by atoms with Crippen molar-refractivity contribution in [3.8, 4) is 0 Å². The van der Waals surface area contributed by atoms with Crippen LogP contribution in [0.25, 0.3) is 6.08 Å². The number of rotatable bonds is 4. The first-order chi connectivity index (χ1) is 11.9. The first-order valence-electron chi connectivity index (χ1n) is 7.04. The van der Waals surface area contributed by atoms with Crippen LogP contribution in [-0.4, -0.2) is 37.8 Å². The Morgan fingerprint density at radius 3 is 2.84 bits per heavy atom. The standard InChI is InChI=1S/C15H11ClN4O2S3/c1-8-18-19-14(24-8)17-12(21)7-20-13(22)11(25-15(20)23)6-9-4-2-3-5-10(9)16/h2-6H,7H2,1H3,(H,17,19,21)/b11-6-. The molecule has 0 aliphatic carbocycles. The average molecular weight is 411 g/mol. The minimum Gasteiger partial charge on any atom is -0.299 e. The van der Waals surface area contributed by atoms with E-state index in [4.69, 9.17) is 23.8 Å². The molecule has 2 heterocycles. The molecule has 1 aliphatic rings. The predicted octanol–water partition coefficient (Wildman–Crippen LogP) is 3.34. The summed E-state index contributed by atoms with van der Waals surface area (Å²) in [5.74, 6) is -0.704. The summed E-state index contributed by atoms with van der Waals surface area (Å²) in [7, 11) is 0. The maximum absolute atomic E-state index is 12.5. The third-order valence-electron chi connectivity index (χ3n) is 3.14. The number of halogens is 1. The molecule has 3 rings (SSSR count). The summed E-state index contributed by atoms with van der Waals surface area (Å²) in [5, 5.41) is 11.9. The van der Waals surface area contributed by atoms with Gasteiger partial charge in [0.25, 0.3) is 5.91 Å². The molecular weight excluding hydrogens is 400 g/mol. The van der Waals surface area contributed by atoms with Gasteiger partial charge in [-0.15, -0.1) is 10.2 Å². The zero-order chi connectivity index (χ0) is 18.0. The molecule has 1 aromatic carbocycles. The van der Waals surface area contributed by atoms with E-state index in [9.17, 15) is 9.59 Å². The Morgan fingerprint density at radius 1 is 1.40 bits per heavy atom. The van der Waals surface area contributed by atoms with Crippen LogP contribution in [0.15, 0.2) is 29.2 Å². The number of thiocarbonyl (C=S) groups is 1. The second kappa shape index (κ2) is 7.61. The van der Waals surface area contributed by atoms with Crippen LogP contribution in [-0.2, 0) is 9.59 Å². The monoisotopic (exact) mass is 410 g/mol. The van der Waals surface area contributed by atoms with E-state index < -0.39 is 0 Å². The van der Waals surface area contributed by atoms with Gasteiger partial charge in [-0.3, -0.25) is 19.8 Å². The number of anilines is 1. The molecule has 0 bridgehead atoms. The van der Waals surface area contributed by atoms with Crippen molar-refractivity contribution in [1.82, 2.24) is 15.1 Å². The molecule has 10 heteroatoms. The Bertz CT molecular complexity index is 896. The lowest BCUT2D eigenvalue weighted by Crippen LogP contribution is -2.36. The fourth-order valence-corrected chi connectivity index (χ4v) is 4.06. The van der Waals surface area contributed by atoms with Gasteiger partial charge in [-0.25, -0.2) is 0 Å². The van der Waals surface area contributed by atoms with Gasteiger partial charge in [0.2, 0.25) is 11.0 Å². The number of amides is 2. The van der Waals surface area contributed by atoms with Gasteiger partial charge in [0.15, 0.2) is 0 Å². The van der Waals surface area contributed by atoms with Gasteiger partial charge in [-0.05, 0) is 24.6 Å². The van der Waals surface area contributed by atoms with Crippen LogP contribution >= 0.6 is 46.9 Å². The molecule has 1 aromatic heterocycles. The summed E-state index contributed by atoms with van der Waals surface area (Å²) in [4.78, 5) is 26.3. The third-order valence-corrected chi connectivity index (χ3v) is 5.62. The van der Waals surface area contributed by atoms with Gasteiger partial charge in [0.1, 0.15) is 15.9 Å². The topological polar surface area (TPSA) is 75.2 Å². The van der Waals surface area contributed by atoms with Gasteiger partial charge in [-0.2, -0.15) is 0 Å². The summed E-state index contributed by atoms with van der Waals surface area (Å²) in [6, 6.07) is 7.19. The molecule has 0 unspecified atom stereocenters. The Kier molecular flexibility index (Phi) is 5.48. The molecule has 128 valence electrons. The summed E-state index contributed by atoms with van der Waals surface area (Å²) < 4.78 is 0.326. The quantitative estimate of drug-likeness (QED) is 0.615. The van der Waals surface area contributed by atoms with Gasteiger partial charge in [0, 0.05) is 5.02 Å². The third kappa shape index (κ3) is 4.24. The minimum absolute atomic E-state index is 0.177. The minimum atomic E-state index is -0.383. The zero-order valence-corrected chi connectivity index (χ0v) is 16.1. The number of thioether (sulfide) groups is 1. The molecular formula is C15H11ClN4O2S3. The fourth-order valence-electron chi connectivity index (χ4n) is 2.02. The largest absolute Gasteiger partial charge is 0.299 e. The van der Waals surface area contributed by atoms with E-state index in [0.29, 0.717) is 19.4 Å². The lowest BCUT2D eigenvalue weighted by atomic mass is 10.2. The summed E-state index contributed by atoms with van der Waals surface area (Å²) >= 11 is 13.7. The van der Waals surface area contributed by atoms with Crippen molar-refractivity contribution >= 4 is 74.3 Å². The molecule has 1 fully saturated rings. The average Bonchev–Trinajstić information content (AvgIpc) is 3.08. The van der Waals surface area contributed by atoms with E-state index in [0.717, 1.165) is 22.3 Å². The lowest BCUT2D eigenvalue weighted by molar-refractivity contribution is -0.126. The van der Waals surface area contributed by atoms with Crippen molar-refractivity contribution in [3.05, 3.63) is 44.8 Å². The molecule has 2 aromatic rings. The summed E-state index contributed by atoms with van der Waals surface area (Å²) in [6.07, 6.45) is 1.67. The number of carbonyl (C=O) groups is 2. The van der Waals surface area contributed by atoms with Gasteiger partial charge in [0.05, 0.1) is 4.91 Å². The maximum atomic E-state index is 12.5. The van der Waals surface area contributed by atoms with Crippen LogP contribution in [0.4, 0.5) is 5.13 Å².